The molecule has 0 aliphatic heterocycles. The predicted octanol–water partition coefficient (Wildman–Crippen LogP) is 5.90. The maximum absolute atomic E-state index is 10.6. The Balaban J connectivity index is 3.17. The van der Waals surface area contributed by atoms with Crippen molar-refractivity contribution >= 4 is 5.91 Å². The van der Waals surface area contributed by atoms with Gasteiger partial charge in [0.25, 0.3) is 0 Å². The molecule has 0 fully saturated rings. The summed E-state index contributed by atoms with van der Waals surface area (Å²) >= 11 is 0. The third-order valence-electron chi connectivity index (χ3n) is 5.03. The number of primary amides is 1. The maximum Gasteiger partial charge on any atom is 0.217 e. The zero-order valence-electron chi connectivity index (χ0n) is 16.7. The van der Waals surface area contributed by atoms with Crippen molar-refractivity contribution in [3.05, 3.63) is 12.2 Å². The predicted molar refractivity (Wildman–Crippen MR) is 108 cm³/mol. The van der Waals surface area contributed by atoms with E-state index in [-0.39, 0.29) is 5.91 Å². The van der Waals surface area contributed by atoms with Crippen molar-refractivity contribution < 1.29 is 9.90 Å². The minimum atomic E-state index is -0.172. The van der Waals surface area contributed by atoms with Gasteiger partial charge in [0.2, 0.25) is 5.91 Å². The molecule has 1 atom stereocenters. The first-order valence-electron chi connectivity index (χ1n) is 10.7. The number of hydrogen-bond acceptors (Lipinski definition) is 2. The monoisotopic (exact) mass is 353 g/mol. The van der Waals surface area contributed by atoms with Gasteiger partial charge in [0, 0.05) is 13.0 Å². The van der Waals surface area contributed by atoms with Crippen LogP contribution in [0.4, 0.5) is 0 Å². The quantitative estimate of drug-likeness (QED) is 0.224. The minimum absolute atomic E-state index is 0.172. The van der Waals surface area contributed by atoms with Gasteiger partial charge in [-0.05, 0) is 44.4 Å². The summed E-state index contributed by atoms with van der Waals surface area (Å²) in [6.07, 6.45) is 23.8. The Morgan fingerprint density at radius 1 is 0.840 bits per heavy atom. The fraction of sp³-hybridized carbons (Fsp3) is 0.864. The summed E-state index contributed by atoms with van der Waals surface area (Å²) in [6, 6.07) is 0. The molecule has 148 valence electrons. The lowest BCUT2D eigenvalue weighted by molar-refractivity contribution is -0.118. The average molecular weight is 354 g/mol. The standard InChI is InChI=1S/C22H43NO2/c1-2-21(20-24)18-16-14-12-10-8-6-4-3-5-7-9-11-13-15-17-19-22(23)25/h3,5,21,24H,2,4,6-20H2,1H3,(H2,23,25)/b5-3+. The fourth-order valence-corrected chi connectivity index (χ4v) is 3.15. The number of unbranched alkanes of at least 4 members (excludes halogenated alkanes) is 11. The summed E-state index contributed by atoms with van der Waals surface area (Å²) in [5.74, 6) is 0.357. The van der Waals surface area contributed by atoms with Gasteiger partial charge in [-0.2, -0.15) is 0 Å². The Labute approximate surface area is 156 Å². The maximum atomic E-state index is 10.6. The molecule has 0 saturated heterocycles. The van der Waals surface area contributed by atoms with Crippen LogP contribution >= 0.6 is 0 Å². The molecule has 0 heterocycles. The topological polar surface area (TPSA) is 63.3 Å². The van der Waals surface area contributed by atoms with E-state index < -0.39 is 0 Å². The number of carbonyl (C=O) groups excluding carboxylic acids is 1. The molecule has 1 amide bonds. The number of amides is 1. The first-order valence-corrected chi connectivity index (χ1v) is 10.7. The van der Waals surface area contributed by atoms with Gasteiger partial charge in [-0.25, -0.2) is 0 Å². The zero-order valence-corrected chi connectivity index (χ0v) is 16.7. The van der Waals surface area contributed by atoms with Crippen molar-refractivity contribution in [2.24, 2.45) is 11.7 Å². The molecule has 0 aromatic rings. The summed E-state index contributed by atoms with van der Waals surface area (Å²) in [5.41, 5.74) is 5.12. The van der Waals surface area contributed by atoms with Crippen molar-refractivity contribution in [2.75, 3.05) is 6.61 Å². The number of carbonyl (C=O) groups is 1. The second kappa shape index (κ2) is 19.5. The summed E-state index contributed by atoms with van der Waals surface area (Å²) in [4.78, 5) is 10.6. The molecule has 0 rings (SSSR count). The molecule has 0 aromatic carbocycles. The molecule has 3 nitrogen and oxygen atoms in total. The second-order valence-electron chi connectivity index (χ2n) is 7.40. The van der Waals surface area contributed by atoms with Crippen LogP contribution < -0.4 is 5.73 Å². The molecular formula is C22H43NO2. The number of rotatable bonds is 19. The fourth-order valence-electron chi connectivity index (χ4n) is 3.15. The van der Waals surface area contributed by atoms with Gasteiger partial charge in [-0.15, -0.1) is 0 Å². The highest BCUT2D eigenvalue weighted by molar-refractivity contribution is 5.73. The Morgan fingerprint density at radius 3 is 1.80 bits per heavy atom. The normalized spacial score (nSPS) is 12.7. The SMILES string of the molecule is CCC(CO)CCCCCCCC/C=C/CCCCCCCC(N)=O. The van der Waals surface area contributed by atoms with Crippen LogP contribution in [-0.2, 0) is 4.79 Å². The average Bonchev–Trinajstić information content (AvgIpc) is 2.60. The Bertz CT molecular complexity index is 311. The smallest absolute Gasteiger partial charge is 0.217 e. The molecular weight excluding hydrogens is 310 g/mol. The lowest BCUT2D eigenvalue weighted by Crippen LogP contribution is -2.09. The van der Waals surface area contributed by atoms with E-state index in [2.05, 4.69) is 19.1 Å². The van der Waals surface area contributed by atoms with Crippen LogP contribution in [0.25, 0.3) is 0 Å². The van der Waals surface area contributed by atoms with E-state index in [0.717, 1.165) is 19.3 Å². The Kier molecular flexibility index (Phi) is 18.8. The van der Waals surface area contributed by atoms with Crippen molar-refractivity contribution in [3.63, 3.8) is 0 Å². The number of nitrogens with two attached hydrogens (primary N) is 1. The van der Waals surface area contributed by atoms with Crippen molar-refractivity contribution in [1.29, 1.82) is 0 Å². The van der Waals surface area contributed by atoms with E-state index in [1.54, 1.807) is 0 Å². The molecule has 25 heavy (non-hydrogen) atoms. The van der Waals surface area contributed by atoms with Crippen LogP contribution in [0.5, 0.6) is 0 Å². The van der Waals surface area contributed by atoms with E-state index in [1.807, 2.05) is 0 Å². The van der Waals surface area contributed by atoms with E-state index in [1.165, 1.54) is 77.0 Å². The van der Waals surface area contributed by atoms with Crippen molar-refractivity contribution in [1.82, 2.24) is 0 Å². The Hall–Kier alpha value is -0.830. The first kappa shape index (κ1) is 24.2. The molecule has 3 heteroatoms. The second-order valence-corrected chi connectivity index (χ2v) is 7.40. The van der Waals surface area contributed by atoms with E-state index in [0.29, 0.717) is 18.9 Å². The molecule has 0 aliphatic rings. The van der Waals surface area contributed by atoms with Gasteiger partial charge < -0.3 is 10.8 Å². The zero-order chi connectivity index (χ0) is 18.6. The molecule has 0 aliphatic carbocycles. The van der Waals surface area contributed by atoms with Gasteiger partial charge in [0.15, 0.2) is 0 Å². The highest BCUT2D eigenvalue weighted by Gasteiger charge is 2.03. The molecule has 0 radical (unpaired) electrons. The number of allylic oxidation sites excluding steroid dienone is 2. The van der Waals surface area contributed by atoms with Gasteiger partial charge in [0.1, 0.15) is 0 Å². The highest BCUT2D eigenvalue weighted by atomic mass is 16.3. The van der Waals surface area contributed by atoms with Crippen LogP contribution in [0.15, 0.2) is 12.2 Å². The summed E-state index contributed by atoms with van der Waals surface area (Å²) in [7, 11) is 0. The third-order valence-corrected chi connectivity index (χ3v) is 5.03. The molecule has 0 aromatic heterocycles. The summed E-state index contributed by atoms with van der Waals surface area (Å²) < 4.78 is 0. The summed E-state index contributed by atoms with van der Waals surface area (Å²) in [5, 5.41) is 9.15. The van der Waals surface area contributed by atoms with Gasteiger partial charge >= 0.3 is 0 Å². The molecule has 0 bridgehead atoms. The third kappa shape index (κ3) is 19.3. The van der Waals surface area contributed by atoms with E-state index in [4.69, 9.17) is 10.8 Å². The van der Waals surface area contributed by atoms with Gasteiger partial charge in [-0.1, -0.05) is 76.9 Å². The number of aliphatic hydroxyl groups excluding tert-OH is 1. The molecule has 0 saturated carbocycles. The van der Waals surface area contributed by atoms with Crippen LogP contribution in [0.1, 0.15) is 110 Å². The van der Waals surface area contributed by atoms with Crippen LogP contribution in [0.3, 0.4) is 0 Å². The molecule has 0 spiro atoms. The summed E-state index contributed by atoms with van der Waals surface area (Å²) in [6.45, 7) is 2.53. The van der Waals surface area contributed by atoms with E-state index >= 15 is 0 Å². The molecule has 1 unspecified atom stereocenters. The van der Waals surface area contributed by atoms with Crippen molar-refractivity contribution in [2.45, 2.75) is 110 Å². The minimum Gasteiger partial charge on any atom is -0.396 e. The highest BCUT2D eigenvalue weighted by Crippen LogP contribution is 2.15. The number of aliphatic hydroxyl groups is 1. The molecule has 3 N–H and O–H groups in total. The lowest BCUT2D eigenvalue weighted by atomic mass is 9.98. The number of hydrogen-bond donors (Lipinski definition) is 2. The van der Waals surface area contributed by atoms with Gasteiger partial charge in [0.05, 0.1) is 0 Å². The van der Waals surface area contributed by atoms with Gasteiger partial charge in [-0.3, -0.25) is 4.79 Å². The van der Waals surface area contributed by atoms with E-state index in [9.17, 15) is 4.79 Å². The first-order chi connectivity index (χ1) is 12.2. The van der Waals surface area contributed by atoms with Crippen LogP contribution in [0, 0.1) is 5.92 Å². The van der Waals surface area contributed by atoms with Crippen molar-refractivity contribution in [3.8, 4) is 0 Å². The van der Waals surface area contributed by atoms with Crippen LogP contribution in [0.2, 0.25) is 0 Å². The van der Waals surface area contributed by atoms with Crippen LogP contribution in [-0.4, -0.2) is 17.6 Å². The lowest BCUT2D eigenvalue weighted by Gasteiger charge is -2.10. The Morgan fingerprint density at radius 2 is 1.32 bits per heavy atom. The largest absolute Gasteiger partial charge is 0.396 e.